The van der Waals surface area contributed by atoms with Crippen LogP contribution in [0.2, 0.25) is 0 Å². The zero-order chi connectivity index (χ0) is 11.7. The highest BCUT2D eigenvalue weighted by molar-refractivity contribution is 8.76. The Hall–Kier alpha value is -0.750. The van der Waals surface area contributed by atoms with Gasteiger partial charge in [-0.2, -0.15) is 0 Å². The molecule has 0 aliphatic heterocycles. The van der Waals surface area contributed by atoms with Crippen molar-refractivity contribution in [3.63, 3.8) is 0 Å². The van der Waals surface area contributed by atoms with Gasteiger partial charge in [-0.25, -0.2) is 4.98 Å². The first-order valence-corrected chi connectivity index (χ1v) is 6.56. The highest BCUT2D eigenvalue weighted by atomic mass is 33.1. The van der Waals surface area contributed by atoms with Gasteiger partial charge in [0.15, 0.2) is 7.05 Å². The Bertz CT molecular complexity index is 277. The van der Waals surface area contributed by atoms with Crippen LogP contribution < -0.4 is 0 Å². The third-order valence-corrected chi connectivity index (χ3v) is 3.81. The molecule has 0 aromatic carbocycles. The van der Waals surface area contributed by atoms with Crippen molar-refractivity contribution in [1.29, 1.82) is 0 Å². The third kappa shape index (κ3) is 11.2. The monoisotopic (exact) mass is 246 g/mol. The van der Waals surface area contributed by atoms with Gasteiger partial charge in [-0.3, -0.25) is 10.1 Å². The molecule has 6 heteroatoms. The van der Waals surface area contributed by atoms with Crippen molar-refractivity contribution in [3.8, 4) is 0 Å². The summed E-state index contributed by atoms with van der Waals surface area (Å²) >= 11 is 0. The van der Waals surface area contributed by atoms with E-state index in [0.29, 0.717) is 5.25 Å². The SMILES string of the molecule is CC(C)SSc1ccccn1.C[N+](=O)[O-]. The van der Waals surface area contributed by atoms with E-state index in [2.05, 4.69) is 18.8 Å². The van der Waals surface area contributed by atoms with E-state index in [1.54, 1.807) is 10.8 Å². The summed E-state index contributed by atoms with van der Waals surface area (Å²) in [7, 11) is 4.46. The highest BCUT2D eigenvalue weighted by Crippen LogP contribution is 2.32. The van der Waals surface area contributed by atoms with Crippen LogP contribution in [0, 0.1) is 10.1 Å². The van der Waals surface area contributed by atoms with E-state index in [-0.39, 0.29) is 0 Å². The van der Waals surface area contributed by atoms with E-state index in [0.717, 1.165) is 12.1 Å². The quantitative estimate of drug-likeness (QED) is 0.466. The Morgan fingerprint density at radius 2 is 2.07 bits per heavy atom. The molecule has 1 heterocycles. The Labute approximate surface area is 97.4 Å². The van der Waals surface area contributed by atoms with Crippen molar-refractivity contribution >= 4 is 21.6 Å². The number of hydrogen-bond donors (Lipinski definition) is 0. The lowest BCUT2D eigenvalue weighted by molar-refractivity contribution is -0.445. The number of hydrogen-bond acceptors (Lipinski definition) is 5. The molecule has 0 unspecified atom stereocenters. The number of aromatic nitrogens is 1. The van der Waals surface area contributed by atoms with Gasteiger partial charge in [-0.05, 0) is 22.9 Å². The lowest BCUT2D eigenvalue weighted by Gasteiger charge is -2.01. The van der Waals surface area contributed by atoms with Crippen LogP contribution in [-0.4, -0.2) is 22.2 Å². The predicted octanol–water partition coefficient (Wildman–Crippen LogP) is 3.12. The molecule has 0 radical (unpaired) electrons. The molecule has 1 rings (SSSR count). The molecule has 0 bridgehead atoms. The van der Waals surface area contributed by atoms with Crippen molar-refractivity contribution in [2.75, 3.05) is 7.05 Å². The van der Waals surface area contributed by atoms with Crippen LogP contribution in [0.1, 0.15) is 13.8 Å². The van der Waals surface area contributed by atoms with Gasteiger partial charge >= 0.3 is 0 Å². The van der Waals surface area contributed by atoms with Crippen LogP contribution in [-0.2, 0) is 0 Å². The van der Waals surface area contributed by atoms with Gasteiger partial charge in [0.05, 0.1) is 0 Å². The van der Waals surface area contributed by atoms with E-state index >= 15 is 0 Å². The summed E-state index contributed by atoms with van der Waals surface area (Å²) in [4.78, 5) is 12.5. The summed E-state index contributed by atoms with van der Waals surface area (Å²) < 4.78 is 0. The van der Waals surface area contributed by atoms with E-state index in [4.69, 9.17) is 10.1 Å². The Morgan fingerprint density at radius 3 is 2.47 bits per heavy atom. The molecule has 0 saturated carbocycles. The summed E-state index contributed by atoms with van der Waals surface area (Å²) in [6.45, 7) is 4.36. The van der Waals surface area contributed by atoms with Gasteiger partial charge in [0, 0.05) is 16.4 Å². The largest absolute Gasteiger partial charge is 0.265 e. The molecule has 0 saturated heterocycles. The summed E-state index contributed by atoms with van der Waals surface area (Å²) in [6, 6.07) is 5.97. The topological polar surface area (TPSA) is 56.0 Å². The molecular formula is C9H14N2O2S2. The number of nitrogens with zero attached hydrogens (tertiary/aromatic N) is 2. The van der Waals surface area contributed by atoms with Crippen molar-refractivity contribution in [2.24, 2.45) is 0 Å². The second-order valence-corrected chi connectivity index (χ2v) is 5.63. The van der Waals surface area contributed by atoms with Crippen LogP contribution in [0.3, 0.4) is 0 Å². The van der Waals surface area contributed by atoms with Crippen molar-refractivity contribution in [2.45, 2.75) is 24.1 Å². The normalized spacial score (nSPS) is 9.33. The first-order chi connectivity index (χ1) is 7.02. The minimum atomic E-state index is -0.500. The molecule has 0 atom stereocenters. The summed E-state index contributed by atoms with van der Waals surface area (Å²) in [6.07, 6.45) is 1.82. The van der Waals surface area contributed by atoms with E-state index < -0.39 is 4.92 Å². The van der Waals surface area contributed by atoms with Gasteiger partial charge < -0.3 is 0 Å². The van der Waals surface area contributed by atoms with E-state index in [1.165, 1.54) is 0 Å². The average Bonchev–Trinajstić information content (AvgIpc) is 2.15. The average molecular weight is 246 g/mol. The van der Waals surface area contributed by atoms with Gasteiger partial charge in [0.1, 0.15) is 5.03 Å². The molecule has 1 aromatic heterocycles. The lowest BCUT2D eigenvalue weighted by atomic mass is 10.5. The second-order valence-electron chi connectivity index (χ2n) is 2.84. The first kappa shape index (κ1) is 14.2. The van der Waals surface area contributed by atoms with Crippen LogP contribution in [0.5, 0.6) is 0 Å². The van der Waals surface area contributed by atoms with Crippen LogP contribution in [0.25, 0.3) is 0 Å². The molecular weight excluding hydrogens is 232 g/mol. The molecule has 4 nitrogen and oxygen atoms in total. The van der Waals surface area contributed by atoms with Crippen LogP contribution in [0.4, 0.5) is 0 Å². The van der Waals surface area contributed by atoms with Crippen molar-refractivity contribution in [3.05, 3.63) is 34.5 Å². The molecule has 1 aromatic rings. The molecule has 0 amide bonds. The third-order valence-electron chi connectivity index (χ3n) is 0.964. The number of rotatable bonds is 3. The standard InChI is InChI=1S/C8H11NS2.CH3NO2/c1-7(2)10-11-8-5-3-4-6-9-8;1-2(3)4/h3-7H,1-2H3;1H3. The van der Waals surface area contributed by atoms with Crippen molar-refractivity contribution in [1.82, 2.24) is 4.98 Å². The molecule has 84 valence electrons. The zero-order valence-electron chi connectivity index (χ0n) is 8.91. The van der Waals surface area contributed by atoms with Crippen molar-refractivity contribution < 1.29 is 4.92 Å². The predicted molar refractivity (Wildman–Crippen MR) is 65.7 cm³/mol. The fourth-order valence-electron chi connectivity index (χ4n) is 0.542. The molecule has 0 N–H and O–H groups in total. The van der Waals surface area contributed by atoms with E-state index in [9.17, 15) is 0 Å². The molecule has 15 heavy (non-hydrogen) atoms. The summed E-state index contributed by atoms with van der Waals surface area (Å²) in [5, 5.41) is 10.5. The smallest absolute Gasteiger partial charge is 0.194 e. The first-order valence-electron chi connectivity index (χ1n) is 4.34. The van der Waals surface area contributed by atoms with Crippen LogP contribution in [0.15, 0.2) is 29.4 Å². The molecule has 0 aliphatic carbocycles. The second kappa shape index (κ2) is 8.55. The molecule has 0 spiro atoms. The maximum Gasteiger partial charge on any atom is 0.194 e. The van der Waals surface area contributed by atoms with Gasteiger partial charge in [0.25, 0.3) is 0 Å². The van der Waals surface area contributed by atoms with Crippen LogP contribution >= 0.6 is 21.6 Å². The summed E-state index contributed by atoms with van der Waals surface area (Å²) in [5.41, 5.74) is 0. The zero-order valence-corrected chi connectivity index (χ0v) is 10.5. The number of nitro groups is 1. The fourth-order valence-corrected chi connectivity index (χ4v) is 2.24. The maximum atomic E-state index is 8.81. The minimum Gasteiger partial charge on any atom is -0.265 e. The Balaban J connectivity index is 0.000000423. The van der Waals surface area contributed by atoms with Gasteiger partial charge in [0.2, 0.25) is 0 Å². The number of pyridine rings is 1. The molecule has 0 aliphatic rings. The van der Waals surface area contributed by atoms with Gasteiger partial charge in [-0.15, -0.1) is 0 Å². The highest BCUT2D eigenvalue weighted by Gasteiger charge is 1.96. The summed E-state index contributed by atoms with van der Waals surface area (Å²) in [5.74, 6) is 0. The minimum absolute atomic E-state index is 0.500. The van der Waals surface area contributed by atoms with E-state index in [1.807, 2.05) is 35.2 Å². The maximum absolute atomic E-state index is 8.81. The fraction of sp³-hybridized carbons (Fsp3) is 0.444. The van der Waals surface area contributed by atoms with Gasteiger partial charge in [-0.1, -0.05) is 30.7 Å². The molecule has 0 fully saturated rings. The lowest BCUT2D eigenvalue weighted by Crippen LogP contribution is -1.81. The Morgan fingerprint density at radius 1 is 1.47 bits per heavy atom. The Kier molecular flexibility index (Phi) is 8.12.